The van der Waals surface area contributed by atoms with Crippen molar-refractivity contribution >= 4 is 57.4 Å². The van der Waals surface area contributed by atoms with E-state index in [0.717, 1.165) is 132 Å². The molecule has 0 fully saturated rings. The predicted octanol–water partition coefficient (Wildman–Crippen LogP) is 17.4. The summed E-state index contributed by atoms with van der Waals surface area (Å²) in [6.45, 7) is 13.0. The summed E-state index contributed by atoms with van der Waals surface area (Å²) < 4.78 is 0. The first-order valence-corrected chi connectivity index (χ1v) is 27.7. The summed E-state index contributed by atoms with van der Waals surface area (Å²) in [5, 5.41) is 0. The molecule has 0 bridgehead atoms. The second-order valence-corrected chi connectivity index (χ2v) is 21.6. The summed E-state index contributed by atoms with van der Waals surface area (Å²) in [6.07, 6.45) is 24.8. The Hall–Kier alpha value is -4.14. The lowest BCUT2D eigenvalue weighted by atomic mass is 9.92. The average molecular weight is 931 g/mol. The van der Waals surface area contributed by atoms with Crippen LogP contribution in [0.4, 0.5) is 11.4 Å². The van der Waals surface area contributed by atoms with Gasteiger partial charge in [-0.2, -0.15) is 0 Å². The van der Waals surface area contributed by atoms with Crippen LogP contribution in [0.2, 0.25) is 0 Å². The number of nitrogens with zero attached hydrogens (tertiary/aromatic N) is 2. The number of hydrogen-bond donors (Lipinski definition) is 0. The van der Waals surface area contributed by atoms with Crippen molar-refractivity contribution in [2.45, 2.75) is 196 Å². The Kier molecular flexibility index (Phi) is 20.1. The molecular weight excluding hydrogens is 853 g/mol. The number of carbonyl (C=O) groups excluding carboxylic acids is 4. The van der Waals surface area contributed by atoms with E-state index in [4.69, 9.17) is 0 Å². The van der Waals surface area contributed by atoms with Crippen molar-refractivity contribution in [3.63, 3.8) is 0 Å². The standard InChI is InChI=1S/C58H78N2O4S2/c1-7-11-15-19-21-25-29-43(27-23-17-13-9-3)57(63)59-48-39-41(5)31-34-46(48)55(61)53(59)54-56(62)47-35-33-45(50-37-38-52(66-50)51-36-32-42(6)65-51)40-49(47)60(54)58(64)44(28-24-18-14-10-4)30-26-22-20-16-12-8-2/h31-40,43-44H,7-30H2,1-6H3/b54-53+. The number of Topliss-reactive ketones (excluding diaryl/α,β-unsaturated/α-hetero) is 2. The number of fused-ring (bicyclic) bond motifs is 2. The van der Waals surface area contributed by atoms with Gasteiger partial charge in [0.15, 0.2) is 0 Å². The Morgan fingerprint density at radius 3 is 1.32 bits per heavy atom. The van der Waals surface area contributed by atoms with E-state index < -0.39 is 0 Å². The number of rotatable bonds is 28. The minimum Gasteiger partial charge on any atom is -0.287 e. The van der Waals surface area contributed by atoms with Gasteiger partial charge < -0.3 is 0 Å². The van der Waals surface area contributed by atoms with E-state index in [0.29, 0.717) is 22.5 Å². The molecule has 2 amide bonds. The van der Waals surface area contributed by atoms with Crippen LogP contribution in [0.25, 0.3) is 20.2 Å². The Labute approximate surface area is 405 Å². The van der Waals surface area contributed by atoms with Crippen LogP contribution < -0.4 is 9.80 Å². The Balaban J connectivity index is 1.47. The van der Waals surface area contributed by atoms with E-state index >= 15 is 19.2 Å². The van der Waals surface area contributed by atoms with Gasteiger partial charge in [0, 0.05) is 42.5 Å². The summed E-state index contributed by atoms with van der Waals surface area (Å²) >= 11 is 3.47. The van der Waals surface area contributed by atoms with Gasteiger partial charge in [-0.3, -0.25) is 29.0 Å². The Morgan fingerprint density at radius 1 is 0.455 bits per heavy atom. The van der Waals surface area contributed by atoms with Crippen molar-refractivity contribution in [3.05, 3.63) is 93.6 Å². The summed E-state index contributed by atoms with van der Waals surface area (Å²) in [5.41, 5.74) is 3.81. The van der Waals surface area contributed by atoms with Crippen LogP contribution in [0.5, 0.6) is 0 Å². The fourth-order valence-corrected chi connectivity index (χ4v) is 11.9. The Morgan fingerprint density at radius 2 is 0.848 bits per heavy atom. The first-order chi connectivity index (χ1) is 32.1. The lowest BCUT2D eigenvalue weighted by Crippen LogP contribution is -2.41. The van der Waals surface area contributed by atoms with Crippen LogP contribution in [-0.2, 0) is 9.59 Å². The zero-order valence-corrected chi connectivity index (χ0v) is 42.9. The monoisotopic (exact) mass is 931 g/mol. The zero-order valence-electron chi connectivity index (χ0n) is 41.2. The van der Waals surface area contributed by atoms with Gasteiger partial charge in [0.1, 0.15) is 11.4 Å². The smallest absolute Gasteiger partial charge is 0.234 e. The number of allylic oxidation sites excluding steroid dienone is 2. The first-order valence-electron chi connectivity index (χ1n) is 26.1. The summed E-state index contributed by atoms with van der Waals surface area (Å²) in [5.74, 6) is -1.63. The number of hydrogen-bond acceptors (Lipinski definition) is 6. The van der Waals surface area contributed by atoms with Gasteiger partial charge >= 0.3 is 0 Å². The number of thiophene rings is 2. The van der Waals surface area contributed by atoms with Crippen LogP contribution >= 0.6 is 22.7 Å². The normalized spacial score (nSPS) is 15.5. The minimum absolute atomic E-state index is 0.0473. The third-order valence-electron chi connectivity index (χ3n) is 13.9. The molecule has 2 atom stereocenters. The number of amides is 2. The van der Waals surface area contributed by atoms with Crippen molar-refractivity contribution in [3.8, 4) is 20.2 Å². The summed E-state index contributed by atoms with van der Waals surface area (Å²) in [4.78, 5) is 69.6. The van der Waals surface area contributed by atoms with Gasteiger partial charge in [0.2, 0.25) is 23.4 Å². The van der Waals surface area contributed by atoms with Crippen molar-refractivity contribution in [1.29, 1.82) is 0 Å². The van der Waals surface area contributed by atoms with E-state index in [1.165, 1.54) is 53.2 Å². The SMILES string of the molecule is CCCCCCCCC(CCCCCC)C(=O)N1/C(=C2\C(=O)c3ccc(-c4ccc(-c5ccc(C)s5)s4)cc3N2C(=O)C(CCCCCC)CCCCCCCC)C(=O)c2ccc(C)cc21. The van der Waals surface area contributed by atoms with Gasteiger partial charge in [-0.1, -0.05) is 168 Å². The van der Waals surface area contributed by atoms with Gasteiger partial charge in [-0.05, 0) is 99.2 Å². The van der Waals surface area contributed by atoms with Crippen LogP contribution in [-0.4, -0.2) is 23.4 Å². The second-order valence-electron chi connectivity index (χ2n) is 19.2. The number of unbranched alkanes of at least 4 members (excludes halogenated alkanes) is 16. The molecule has 0 spiro atoms. The molecule has 6 rings (SSSR count). The topological polar surface area (TPSA) is 74.8 Å². The van der Waals surface area contributed by atoms with E-state index in [9.17, 15) is 0 Å². The summed E-state index contributed by atoms with van der Waals surface area (Å²) in [7, 11) is 0. The molecule has 0 radical (unpaired) electrons. The van der Waals surface area contributed by atoms with Crippen molar-refractivity contribution in [1.82, 2.24) is 0 Å². The molecule has 6 nitrogen and oxygen atoms in total. The van der Waals surface area contributed by atoms with Crippen molar-refractivity contribution < 1.29 is 19.2 Å². The Bertz CT molecular complexity index is 2280. The van der Waals surface area contributed by atoms with Gasteiger partial charge in [-0.25, -0.2) is 0 Å². The highest BCUT2D eigenvalue weighted by Crippen LogP contribution is 2.47. The first kappa shape index (κ1) is 51.3. The third kappa shape index (κ3) is 12.7. The third-order valence-corrected chi connectivity index (χ3v) is 16.2. The molecule has 8 heteroatoms. The minimum atomic E-state index is -0.365. The molecule has 2 aromatic heterocycles. The summed E-state index contributed by atoms with van der Waals surface area (Å²) in [6, 6.07) is 20.0. The lowest BCUT2D eigenvalue weighted by molar-refractivity contribution is -0.123. The van der Waals surface area contributed by atoms with Crippen molar-refractivity contribution in [2.75, 3.05) is 9.80 Å². The highest BCUT2D eigenvalue weighted by Gasteiger charge is 2.48. The number of benzene rings is 2. The zero-order chi connectivity index (χ0) is 47.0. The van der Waals surface area contributed by atoms with Crippen LogP contribution in [0.15, 0.2) is 72.1 Å². The molecule has 2 unspecified atom stereocenters. The number of carbonyl (C=O) groups is 4. The van der Waals surface area contributed by atoms with E-state index in [1.54, 1.807) is 38.5 Å². The second kappa shape index (κ2) is 25.8. The molecule has 0 saturated heterocycles. The molecule has 4 aromatic rings. The van der Waals surface area contributed by atoms with E-state index in [1.807, 2.05) is 37.3 Å². The maximum absolute atomic E-state index is 15.7. The fraction of sp³-hybridized carbons (Fsp3) is 0.552. The molecule has 0 saturated carbocycles. The molecule has 356 valence electrons. The van der Waals surface area contributed by atoms with E-state index in [-0.39, 0.29) is 46.6 Å². The fourth-order valence-electron chi connectivity index (χ4n) is 9.98. The molecule has 66 heavy (non-hydrogen) atoms. The van der Waals surface area contributed by atoms with Crippen LogP contribution in [0.1, 0.15) is 213 Å². The molecule has 0 aliphatic carbocycles. The van der Waals surface area contributed by atoms with Crippen LogP contribution in [0.3, 0.4) is 0 Å². The van der Waals surface area contributed by atoms with E-state index in [2.05, 4.69) is 58.9 Å². The largest absolute Gasteiger partial charge is 0.287 e. The maximum Gasteiger partial charge on any atom is 0.234 e. The molecule has 2 aromatic carbocycles. The van der Waals surface area contributed by atoms with Gasteiger partial charge in [-0.15, -0.1) is 22.7 Å². The molecule has 2 aliphatic rings. The molecule has 4 heterocycles. The molecular formula is C58H78N2O4S2. The maximum atomic E-state index is 15.7. The van der Waals surface area contributed by atoms with Crippen molar-refractivity contribution in [2.24, 2.45) is 11.8 Å². The van der Waals surface area contributed by atoms with Gasteiger partial charge in [0.25, 0.3) is 0 Å². The number of aryl methyl sites for hydroxylation is 2. The number of ketones is 2. The number of anilines is 2. The van der Waals surface area contributed by atoms with Crippen LogP contribution in [0, 0.1) is 25.7 Å². The highest BCUT2D eigenvalue weighted by molar-refractivity contribution is 7.23. The highest BCUT2D eigenvalue weighted by atomic mass is 32.1. The quantitative estimate of drug-likeness (QED) is 0.0420. The lowest BCUT2D eigenvalue weighted by Gasteiger charge is -2.29. The predicted molar refractivity (Wildman–Crippen MR) is 280 cm³/mol. The average Bonchev–Trinajstić information content (AvgIpc) is 4.10. The molecule has 2 aliphatic heterocycles. The molecule has 0 N–H and O–H groups in total. The van der Waals surface area contributed by atoms with Gasteiger partial charge in [0.05, 0.1) is 11.4 Å².